The Balaban J connectivity index is 2.10. The lowest BCUT2D eigenvalue weighted by Gasteiger charge is -2.25. The summed E-state index contributed by atoms with van der Waals surface area (Å²) in [6.07, 6.45) is 0. The second kappa shape index (κ2) is 6.33. The molecule has 98 valence electrons. The maximum Gasteiger partial charge on any atom is 0.0443 e. The van der Waals surface area contributed by atoms with Gasteiger partial charge >= 0.3 is 0 Å². The van der Waals surface area contributed by atoms with E-state index in [4.69, 9.17) is 0 Å². The highest BCUT2D eigenvalue weighted by Gasteiger charge is 2.20. The van der Waals surface area contributed by atoms with Gasteiger partial charge in [0.1, 0.15) is 0 Å². The Labute approximate surface area is 125 Å². The number of rotatable bonds is 5. The van der Waals surface area contributed by atoms with Gasteiger partial charge in [-0.15, -0.1) is 22.7 Å². The van der Waals surface area contributed by atoms with Gasteiger partial charge < -0.3 is 5.32 Å². The van der Waals surface area contributed by atoms with Crippen LogP contribution in [0.3, 0.4) is 0 Å². The SMILES string of the molecule is CC(NC(c1cccs1)C(C)C)c1cc(Br)cs1. The third-order valence-corrected chi connectivity index (χ3v) is 5.79. The molecule has 4 heteroatoms. The van der Waals surface area contributed by atoms with E-state index in [1.807, 2.05) is 11.3 Å². The van der Waals surface area contributed by atoms with Crippen molar-refractivity contribution in [3.05, 3.63) is 43.2 Å². The number of halogens is 1. The van der Waals surface area contributed by atoms with Crippen LogP contribution in [0.5, 0.6) is 0 Å². The molecule has 0 radical (unpaired) electrons. The zero-order valence-electron chi connectivity index (χ0n) is 10.8. The van der Waals surface area contributed by atoms with E-state index in [1.54, 1.807) is 11.3 Å². The molecule has 2 aromatic rings. The Hall–Kier alpha value is -0.160. The molecule has 0 aliphatic carbocycles. The molecule has 2 heterocycles. The predicted molar refractivity (Wildman–Crippen MR) is 85.5 cm³/mol. The van der Waals surface area contributed by atoms with Crippen molar-refractivity contribution in [3.8, 4) is 0 Å². The molecular weight excluding hydrogens is 326 g/mol. The first-order valence-corrected chi connectivity index (χ1v) is 8.66. The smallest absolute Gasteiger partial charge is 0.0443 e. The molecule has 1 N–H and O–H groups in total. The van der Waals surface area contributed by atoms with Crippen LogP contribution in [0.15, 0.2) is 33.4 Å². The van der Waals surface area contributed by atoms with Crippen LogP contribution in [0.4, 0.5) is 0 Å². The van der Waals surface area contributed by atoms with Crippen molar-refractivity contribution in [2.45, 2.75) is 32.9 Å². The molecule has 2 aromatic heterocycles. The van der Waals surface area contributed by atoms with Crippen LogP contribution >= 0.6 is 38.6 Å². The van der Waals surface area contributed by atoms with Crippen LogP contribution in [0, 0.1) is 5.92 Å². The first-order valence-electron chi connectivity index (χ1n) is 6.11. The lowest BCUT2D eigenvalue weighted by Crippen LogP contribution is -2.27. The normalized spacial score (nSPS) is 14.9. The molecule has 0 bridgehead atoms. The van der Waals surface area contributed by atoms with Crippen molar-refractivity contribution in [1.82, 2.24) is 5.32 Å². The summed E-state index contributed by atoms with van der Waals surface area (Å²) in [6, 6.07) is 7.37. The third-order valence-electron chi connectivity index (χ3n) is 2.96. The van der Waals surface area contributed by atoms with Crippen molar-refractivity contribution >= 4 is 38.6 Å². The summed E-state index contributed by atoms with van der Waals surface area (Å²) in [7, 11) is 0. The molecular formula is C14H18BrNS2. The predicted octanol–water partition coefficient (Wildman–Crippen LogP) is 5.62. The van der Waals surface area contributed by atoms with Gasteiger partial charge in [-0.2, -0.15) is 0 Å². The van der Waals surface area contributed by atoms with Crippen molar-refractivity contribution in [1.29, 1.82) is 0 Å². The van der Waals surface area contributed by atoms with E-state index in [1.165, 1.54) is 14.2 Å². The van der Waals surface area contributed by atoms with Gasteiger partial charge in [-0.05, 0) is 46.3 Å². The summed E-state index contributed by atoms with van der Waals surface area (Å²) in [6.45, 7) is 6.78. The molecule has 0 saturated carbocycles. The van der Waals surface area contributed by atoms with Crippen LogP contribution in [-0.2, 0) is 0 Å². The van der Waals surface area contributed by atoms with Gasteiger partial charge in [-0.3, -0.25) is 0 Å². The molecule has 0 amide bonds. The Morgan fingerprint density at radius 1 is 1.17 bits per heavy atom. The Morgan fingerprint density at radius 2 is 1.94 bits per heavy atom. The molecule has 2 atom stereocenters. The average Bonchev–Trinajstić information content (AvgIpc) is 2.95. The maximum atomic E-state index is 3.75. The maximum absolute atomic E-state index is 3.75. The molecule has 0 saturated heterocycles. The first-order chi connectivity index (χ1) is 8.58. The van der Waals surface area contributed by atoms with Crippen molar-refractivity contribution < 1.29 is 0 Å². The topological polar surface area (TPSA) is 12.0 Å². The van der Waals surface area contributed by atoms with E-state index < -0.39 is 0 Å². The Morgan fingerprint density at radius 3 is 2.44 bits per heavy atom. The van der Waals surface area contributed by atoms with Crippen LogP contribution in [0.1, 0.15) is 42.6 Å². The molecule has 18 heavy (non-hydrogen) atoms. The van der Waals surface area contributed by atoms with Gasteiger partial charge in [-0.25, -0.2) is 0 Å². The molecule has 0 aliphatic heterocycles. The summed E-state index contributed by atoms with van der Waals surface area (Å²) in [5.74, 6) is 0.592. The Bertz CT molecular complexity index is 476. The molecule has 0 aliphatic rings. The van der Waals surface area contributed by atoms with Gasteiger partial charge in [0.05, 0.1) is 0 Å². The molecule has 1 nitrogen and oxygen atoms in total. The highest BCUT2D eigenvalue weighted by Crippen LogP contribution is 2.31. The van der Waals surface area contributed by atoms with Crippen LogP contribution in [0.25, 0.3) is 0 Å². The van der Waals surface area contributed by atoms with Gasteiger partial charge in [-0.1, -0.05) is 19.9 Å². The number of hydrogen-bond acceptors (Lipinski definition) is 3. The standard InChI is InChI=1S/C14H18BrNS2/c1-9(2)14(12-5-4-6-17-12)16-10(3)13-7-11(15)8-18-13/h4-10,14,16H,1-3H3. The molecule has 0 aromatic carbocycles. The van der Waals surface area contributed by atoms with Gasteiger partial charge in [0, 0.05) is 31.7 Å². The minimum Gasteiger partial charge on any atom is -0.302 e. The summed E-state index contributed by atoms with van der Waals surface area (Å²) >= 11 is 7.16. The quantitative estimate of drug-likeness (QED) is 0.742. The van der Waals surface area contributed by atoms with E-state index in [9.17, 15) is 0 Å². The fraction of sp³-hybridized carbons (Fsp3) is 0.429. The summed E-state index contributed by atoms with van der Waals surface area (Å²) < 4.78 is 1.17. The summed E-state index contributed by atoms with van der Waals surface area (Å²) in [5, 5.41) is 8.04. The minimum absolute atomic E-state index is 0.385. The minimum atomic E-state index is 0.385. The second-order valence-electron chi connectivity index (χ2n) is 4.79. The third kappa shape index (κ3) is 3.44. The van der Waals surface area contributed by atoms with Crippen molar-refractivity contribution in [2.75, 3.05) is 0 Å². The summed E-state index contributed by atoms with van der Waals surface area (Å²) in [5.41, 5.74) is 0. The van der Waals surface area contributed by atoms with E-state index in [2.05, 4.69) is 71.0 Å². The van der Waals surface area contributed by atoms with Crippen LogP contribution in [0.2, 0.25) is 0 Å². The zero-order valence-corrected chi connectivity index (χ0v) is 14.0. The zero-order chi connectivity index (χ0) is 13.1. The average molecular weight is 344 g/mol. The number of nitrogens with one attached hydrogen (secondary N) is 1. The van der Waals surface area contributed by atoms with E-state index in [-0.39, 0.29) is 0 Å². The first kappa shape index (κ1) is 14.3. The fourth-order valence-corrected chi connectivity index (χ4v) is 4.40. The van der Waals surface area contributed by atoms with E-state index in [0.717, 1.165) is 0 Å². The van der Waals surface area contributed by atoms with Crippen molar-refractivity contribution in [2.24, 2.45) is 5.92 Å². The number of hydrogen-bond donors (Lipinski definition) is 1. The molecule has 0 fully saturated rings. The van der Waals surface area contributed by atoms with E-state index >= 15 is 0 Å². The van der Waals surface area contributed by atoms with Gasteiger partial charge in [0.2, 0.25) is 0 Å². The molecule has 2 rings (SSSR count). The lowest BCUT2D eigenvalue weighted by atomic mass is 10.0. The largest absolute Gasteiger partial charge is 0.302 e. The second-order valence-corrected chi connectivity index (χ2v) is 7.63. The van der Waals surface area contributed by atoms with Crippen LogP contribution in [-0.4, -0.2) is 0 Å². The monoisotopic (exact) mass is 343 g/mol. The van der Waals surface area contributed by atoms with Crippen molar-refractivity contribution in [3.63, 3.8) is 0 Å². The lowest BCUT2D eigenvalue weighted by molar-refractivity contribution is 0.382. The van der Waals surface area contributed by atoms with Gasteiger partial charge in [0.15, 0.2) is 0 Å². The molecule has 0 spiro atoms. The van der Waals surface area contributed by atoms with Crippen LogP contribution < -0.4 is 5.32 Å². The highest BCUT2D eigenvalue weighted by atomic mass is 79.9. The highest BCUT2D eigenvalue weighted by molar-refractivity contribution is 9.10. The van der Waals surface area contributed by atoms with Gasteiger partial charge in [0.25, 0.3) is 0 Å². The fourth-order valence-electron chi connectivity index (χ4n) is 1.98. The number of thiophene rings is 2. The molecule has 2 unspecified atom stereocenters. The van der Waals surface area contributed by atoms with E-state index in [0.29, 0.717) is 18.0 Å². The summed E-state index contributed by atoms with van der Waals surface area (Å²) in [4.78, 5) is 2.80. The Kier molecular flexibility index (Phi) is 5.01.